The second-order valence-electron chi connectivity index (χ2n) is 7.82. The number of amides is 2. The van der Waals surface area contributed by atoms with Gasteiger partial charge in [-0.05, 0) is 43.5 Å². The third-order valence-electron chi connectivity index (χ3n) is 6.01. The van der Waals surface area contributed by atoms with Crippen LogP contribution in [0, 0.1) is 13.8 Å². The Bertz CT molecular complexity index is 858. The largest absolute Gasteiger partial charge is 0.368 e. The zero-order chi connectivity index (χ0) is 21.0. The molecule has 2 aromatic carbocycles. The molecule has 0 bridgehead atoms. The van der Waals surface area contributed by atoms with Gasteiger partial charge in [-0.25, -0.2) is 0 Å². The first-order valence-corrected chi connectivity index (χ1v) is 10.3. The van der Waals surface area contributed by atoms with E-state index in [0.717, 1.165) is 18.7 Å². The fraction of sp³-hybridized carbons (Fsp3) is 0.417. The number of anilines is 1. The number of rotatable bonds is 5. The summed E-state index contributed by atoms with van der Waals surface area (Å²) in [7, 11) is 0. The third kappa shape index (κ3) is 4.78. The summed E-state index contributed by atoms with van der Waals surface area (Å²) in [5.74, 6) is -0.0627. The number of hydrogen-bond donors (Lipinski definition) is 0. The van der Waals surface area contributed by atoms with E-state index in [4.69, 9.17) is 0 Å². The van der Waals surface area contributed by atoms with Crippen LogP contribution >= 0.6 is 0 Å². The van der Waals surface area contributed by atoms with Crippen molar-refractivity contribution in [1.29, 1.82) is 0 Å². The minimum absolute atomic E-state index is 0.0172. The molecule has 0 saturated carbocycles. The highest BCUT2D eigenvalue weighted by molar-refractivity contribution is 5.84. The minimum atomic E-state index is -0.131. The first-order chi connectivity index (χ1) is 13.9. The van der Waals surface area contributed by atoms with Crippen LogP contribution in [0.5, 0.6) is 0 Å². The summed E-state index contributed by atoms with van der Waals surface area (Å²) in [5, 5.41) is 0. The predicted octanol–water partition coefficient (Wildman–Crippen LogP) is 3.56. The summed E-state index contributed by atoms with van der Waals surface area (Å²) < 4.78 is 0. The number of benzene rings is 2. The Morgan fingerprint density at radius 2 is 1.62 bits per heavy atom. The topological polar surface area (TPSA) is 43.9 Å². The average molecular weight is 394 g/mol. The molecule has 0 N–H and O–H groups in total. The summed E-state index contributed by atoms with van der Waals surface area (Å²) >= 11 is 0. The normalized spacial score (nSPS) is 15.2. The molecular formula is C24H31N3O2. The molecule has 154 valence electrons. The van der Waals surface area contributed by atoms with Crippen LogP contribution in [0.2, 0.25) is 0 Å². The summed E-state index contributed by atoms with van der Waals surface area (Å²) in [6.45, 7) is 10.9. The third-order valence-corrected chi connectivity index (χ3v) is 6.01. The van der Waals surface area contributed by atoms with Crippen LogP contribution in [0.4, 0.5) is 5.69 Å². The van der Waals surface area contributed by atoms with Gasteiger partial charge in [-0.1, -0.05) is 42.5 Å². The van der Waals surface area contributed by atoms with E-state index in [1.807, 2.05) is 42.2 Å². The van der Waals surface area contributed by atoms with Crippen molar-refractivity contribution < 1.29 is 9.59 Å². The van der Waals surface area contributed by atoms with Gasteiger partial charge in [-0.15, -0.1) is 0 Å². The molecule has 29 heavy (non-hydrogen) atoms. The van der Waals surface area contributed by atoms with E-state index in [2.05, 4.69) is 36.9 Å². The van der Waals surface area contributed by atoms with Gasteiger partial charge in [0.1, 0.15) is 6.54 Å². The summed E-state index contributed by atoms with van der Waals surface area (Å²) in [4.78, 5) is 31.1. The zero-order valence-corrected chi connectivity index (χ0v) is 17.9. The van der Waals surface area contributed by atoms with Crippen molar-refractivity contribution in [2.75, 3.05) is 37.6 Å². The fourth-order valence-corrected chi connectivity index (χ4v) is 3.95. The van der Waals surface area contributed by atoms with E-state index < -0.39 is 0 Å². The van der Waals surface area contributed by atoms with Gasteiger partial charge in [0.05, 0.1) is 6.04 Å². The first kappa shape index (κ1) is 20.9. The van der Waals surface area contributed by atoms with E-state index >= 15 is 0 Å². The molecule has 1 atom stereocenters. The molecule has 1 saturated heterocycles. The van der Waals surface area contributed by atoms with Crippen LogP contribution in [0.25, 0.3) is 0 Å². The molecule has 2 aromatic rings. The van der Waals surface area contributed by atoms with Crippen molar-refractivity contribution in [3.05, 3.63) is 65.2 Å². The maximum Gasteiger partial charge on any atom is 0.242 e. The van der Waals surface area contributed by atoms with Gasteiger partial charge in [0.15, 0.2) is 0 Å². The zero-order valence-electron chi connectivity index (χ0n) is 17.9. The van der Waals surface area contributed by atoms with Crippen LogP contribution in [-0.4, -0.2) is 54.3 Å². The SMILES string of the molecule is CC(=O)N(CC(=O)N1CCN(c2cccc(C)c2C)CC1)C(C)c1ccccc1. The Morgan fingerprint density at radius 3 is 2.24 bits per heavy atom. The van der Waals surface area contributed by atoms with Crippen molar-refractivity contribution in [2.24, 2.45) is 0 Å². The lowest BCUT2D eigenvalue weighted by atomic mass is 10.1. The highest BCUT2D eigenvalue weighted by Gasteiger charge is 2.27. The molecule has 5 nitrogen and oxygen atoms in total. The monoisotopic (exact) mass is 393 g/mol. The second kappa shape index (κ2) is 9.12. The number of hydrogen-bond acceptors (Lipinski definition) is 3. The Balaban J connectivity index is 1.62. The number of nitrogens with zero attached hydrogens (tertiary/aromatic N) is 3. The Kier molecular flexibility index (Phi) is 6.57. The van der Waals surface area contributed by atoms with E-state index in [1.165, 1.54) is 23.7 Å². The molecular weight excluding hydrogens is 362 g/mol. The molecule has 2 amide bonds. The van der Waals surface area contributed by atoms with Crippen LogP contribution in [-0.2, 0) is 9.59 Å². The molecule has 1 fully saturated rings. The summed E-state index contributed by atoms with van der Waals surface area (Å²) in [5.41, 5.74) is 4.87. The maximum absolute atomic E-state index is 12.9. The van der Waals surface area contributed by atoms with Crippen molar-refractivity contribution in [1.82, 2.24) is 9.80 Å². The second-order valence-corrected chi connectivity index (χ2v) is 7.82. The minimum Gasteiger partial charge on any atom is -0.368 e. The van der Waals surface area contributed by atoms with Crippen molar-refractivity contribution in [3.8, 4) is 0 Å². The fourth-order valence-electron chi connectivity index (χ4n) is 3.95. The van der Waals surface area contributed by atoms with E-state index in [9.17, 15) is 9.59 Å². The summed E-state index contributed by atoms with van der Waals surface area (Å²) in [6.07, 6.45) is 0. The standard InChI is InChI=1S/C24H31N3O2/c1-18-9-8-12-23(19(18)2)25-13-15-26(16-14-25)24(29)17-27(21(4)28)20(3)22-10-6-5-7-11-22/h5-12,20H,13-17H2,1-4H3. The van der Waals surface area contributed by atoms with Crippen molar-refractivity contribution >= 4 is 17.5 Å². The molecule has 5 heteroatoms. The average Bonchev–Trinajstić information content (AvgIpc) is 2.74. The van der Waals surface area contributed by atoms with Gasteiger partial charge in [0.25, 0.3) is 0 Å². The van der Waals surface area contributed by atoms with Gasteiger partial charge in [0, 0.05) is 38.8 Å². The van der Waals surface area contributed by atoms with Gasteiger partial charge in [0.2, 0.25) is 11.8 Å². The maximum atomic E-state index is 12.9. The Morgan fingerprint density at radius 1 is 0.966 bits per heavy atom. The highest BCUT2D eigenvalue weighted by Crippen LogP contribution is 2.24. The quantitative estimate of drug-likeness (QED) is 0.780. The first-order valence-electron chi connectivity index (χ1n) is 10.3. The van der Waals surface area contributed by atoms with Gasteiger partial charge >= 0.3 is 0 Å². The molecule has 3 rings (SSSR count). The number of piperazine rings is 1. The van der Waals surface area contributed by atoms with Gasteiger partial charge in [-0.2, -0.15) is 0 Å². The predicted molar refractivity (Wildman–Crippen MR) is 117 cm³/mol. The Labute approximate surface area is 173 Å². The van der Waals surface area contributed by atoms with E-state index in [1.54, 1.807) is 4.90 Å². The lowest BCUT2D eigenvalue weighted by Crippen LogP contribution is -2.52. The van der Waals surface area contributed by atoms with Crippen LogP contribution in [0.3, 0.4) is 0 Å². The van der Waals surface area contributed by atoms with Crippen molar-refractivity contribution in [3.63, 3.8) is 0 Å². The van der Waals surface area contributed by atoms with E-state index in [0.29, 0.717) is 13.1 Å². The number of aryl methyl sites for hydroxylation is 1. The lowest BCUT2D eigenvalue weighted by Gasteiger charge is -2.38. The molecule has 0 aliphatic carbocycles. The van der Waals surface area contributed by atoms with Crippen molar-refractivity contribution in [2.45, 2.75) is 33.7 Å². The van der Waals surface area contributed by atoms with Crippen LogP contribution < -0.4 is 4.90 Å². The molecule has 1 unspecified atom stereocenters. The number of carbonyl (C=O) groups is 2. The van der Waals surface area contributed by atoms with Gasteiger partial charge in [-0.3, -0.25) is 9.59 Å². The van der Waals surface area contributed by atoms with Crippen LogP contribution in [0.1, 0.15) is 36.6 Å². The molecule has 0 radical (unpaired) electrons. The smallest absolute Gasteiger partial charge is 0.242 e. The number of carbonyl (C=O) groups excluding carboxylic acids is 2. The van der Waals surface area contributed by atoms with E-state index in [-0.39, 0.29) is 24.4 Å². The molecule has 0 aromatic heterocycles. The Hall–Kier alpha value is -2.82. The lowest BCUT2D eigenvalue weighted by molar-refractivity contribution is -0.141. The highest BCUT2D eigenvalue weighted by atomic mass is 16.2. The molecule has 1 aliphatic rings. The molecule has 1 aliphatic heterocycles. The summed E-state index contributed by atoms with van der Waals surface area (Å²) in [6, 6.07) is 16.1. The molecule has 0 spiro atoms. The molecule has 1 heterocycles. The van der Waals surface area contributed by atoms with Crippen LogP contribution in [0.15, 0.2) is 48.5 Å². The van der Waals surface area contributed by atoms with Gasteiger partial charge < -0.3 is 14.7 Å².